The lowest BCUT2D eigenvalue weighted by molar-refractivity contribution is 0.472. The first-order valence-electron chi connectivity index (χ1n) is 4.38. The number of nitrogens with one attached hydrogen (secondary N) is 2. The van der Waals surface area contributed by atoms with Crippen molar-refractivity contribution in [2.45, 2.75) is 13.0 Å². The van der Waals surface area contributed by atoms with E-state index < -0.39 is 0 Å². The van der Waals surface area contributed by atoms with Crippen molar-refractivity contribution >= 4 is 5.69 Å². The van der Waals surface area contributed by atoms with Gasteiger partial charge in [-0.05, 0) is 24.6 Å². The van der Waals surface area contributed by atoms with Crippen molar-refractivity contribution in [2.75, 3.05) is 18.4 Å². The Morgan fingerprint density at radius 2 is 2.25 bits per heavy atom. The van der Waals surface area contributed by atoms with Crippen molar-refractivity contribution in [3.63, 3.8) is 0 Å². The SMILES string of the molecule is Cc1cccc(NC2CNC2)c1. The van der Waals surface area contributed by atoms with Crippen LogP contribution >= 0.6 is 0 Å². The Kier molecular flexibility index (Phi) is 2.00. The quantitative estimate of drug-likeness (QED) is 0.686. The second-order valence-corrected chi connectivity index (χ2v) is 3.37. The van der Waals surface area contributed by atoms with Crippen molar-refractivity contribution in [3.8, 4) is 0 Å². The van der Waals surface area contributed by atoms with Crippen LogP contribution in [-0.2, 0) is 0 Å². The second kappa shape index (κ2) is 3.15. The smallest absolute Gasteiger partial charge is 0.0510 e. The molecule has 0 radical (unpaired) electrons. The van der Waals surface area contributed by atoms with Gasteiger partial charge in [-0.1, -0.05) is 12.1 Å². The maximum atomic E-state index is 3.46. The lowest BCUT2D eigenvalue weighted by Gasteiger charge is -2.29. The first kappa shape index (κ1) is 7.62. The molecule has 64 valence electrons. The molecule has 0 unspecified atom stereocenters. The molecule has 0 bridgehead atoms. The maximum Gasteiger partial charge on any atom is 0.0510 e. The number of aryl methyl sites for hydroxylation is 1. The van der Waals surface area contributed by atoms with Crippen LogP contribution in [0.25, 0.3) is 0 Å². The standard InChI is InChI=1S/C10H14N2/c1-8-3-2-4-9(5-8)12-10-6-11-7-10/h2-5,10-12H,6-7H2,1H3. The summed E-state index contributed by atoms with van der Waals surface area (Å²) in [6.07, 6.45) is 0. The number of hydrogen-bond donors (Lipinski definition) is 2. The van der Waals surface area contributed by atoms with E-state index in [9.17, 15) is 0 Å². The molecule has 0 aromatic heterocycles. The Bertz CT molecular complexity index is 266. The summed E-state index contributed by atoms with van der Waals surface area (Å²) in [4.78, 5) is 0. The molecule has 2 N–H and O–H groups in total. The fourth-order valence-corrected chi connectivity index (χ4v) is 1.36. The summed E-state index contributed by atoms with van der Waals surface area (Å²) in [5, 5.41) is 6.69. The Hall–Kier alpha value is -1.02. The van der Waals surface area contributed by atoms with Crippen molar-refractivity contribution in [2.24, 2.45) is 0 Å². The van der Waals surface area contributed by atoms with Gasteiger partial charge >= 0.3 is 0 Å². The summed E-state index contributed by atoms with van der Waals surface area (Å²) in [6, 6.07) is 9.13. The van der Waals surface area contributed by atoms with Crippen molar-refractivity contribution in [3.05, 3.63) is 29.8 Å². The zero-order chi connectivity index (χ0) is 8.39. The molecular weight excluding hydrogens is 148 g/mol. The average Bonchev–Trinajstić information content (AvgIpc) is 1.97. The molecule has 1 heterocycles. The van der Waals surface area contributed by atoms with E-state index in [-0.39, 0.29) is 0 Å². The highest BCUT2D eigenvalue weighted by Gasteiger charge is 2.15. The fraction of sp³-hybridized carbons (Fsp3) is 0.400. The third kappa shape index (κ3) is 1.59. The van der Waals surface area contributed by atoms with E-state index in [0.717, 1.165) is 13.1 Å². The van der Waals surface area contributed by atoms with E-state index in [1.807, 2.05) is 0 Å². The monoisotopic (exact) mass is 162 g/mol. The van der Waals surface area contributed by atoms with Crippen LogP contribution in [0.2, 0.25) is 0 Å². The zero-order valence-corrected chi connectivity index (χ0v) is 7.30. The Labute approximate surface area is 73.0 Å². The van der Waals surface area contributed by atoms with Gasteiger partial charge in [0.15, 0.2) is 0 Å². The van der Waals surface area contributed by atoms with E-state index in [2.05, 4.69) is 41.8 Å². The Balaban J connectivity index is 2.02. The first-order chi connectivity index (χ1) is 5.84. The molecule has 1 aliphatic heterocycles. The summed E-state index contributed by atoms with van der Waals surface area (Å²) >= 11 is 0. The average molecular weight is 162 g/mol. The number of hydrogen-bond acceptors (Lipinski definition) is 2. The molecule has 1 saturated heterocycles. The minimum Gasteiger partial charge on any atom is -0.380 e. The first-order valence-corrected chi connectivity index (χ1v) is 4.38. The summed E-state index contributed by atoms with van der Waals surface area (Å²) in [7, 11) is 0. The second-order valence-electron chi connectivity index (χ2n) is 3.37. The minimum atomic E-state index is 0.631. The van der Waals surface area contributed by atoms with Crippen LogP contribution in [0.15, 0.2) is 24.3 Å². The van der Waals surface area contributed by atoms with Crippen LogP contribution in [0.5, 0.6) is 0 Å². The van der Waals surface area contributed by atoms with Crippen LogP contribution in [0.3, 0.4) is 0 Å². The van der Waals surface area contributed by atoms with E-state index >= 15 is 0 Å². The topological polar surface area (TPSA) is 24.1 Å². The van der Waals surface area contributed by atoms with Crippen LogP contribution in [0, 0.1) is 6.92 Å². The molecule has 0 saturated carbocycles. The van der Waals surface area contributed by atoms with Crippen molar-refractivity contribution in [1.29, 1.82) is 0 Å². The van der Waals surface area contributed by atoms with E-state index in [0.29, 0.717) is 6.04 Å². The highest BCUT2D eigenvalue weighted by molar-refractivity contribution is 5.46. The molecule has 1 aromatic rings. The van der Waals surface area contributed by atoms with Gasteiger partial charge in [0, 0.05) is 18.8 Å². The van der Waals surface area contributed by atoms with Gasteiger partial charge in [-0.25, -0.2) is 0 Å². The van der Waals surface area contributed by atoms with Gasteiger partial charge in [0.1, 0.15) is 0 Å². The molecule has 2 rings (SSSR count). The lowest BCUT2D eigenvalue weighted by atomic mass is 10.1. The van der Waals surface area contributed by atoms with Crippen molar-refractivity contribution < 1.29 is 0 Å². The molecule has 0 aliphatic carbocycles. The predicted molar refractivity (Wildman–Crippen MR) is 51.5 cm³/mol. The lowest BCUT2D eigenvalue weighted by Crippen LogP contribution is -2.51. The van der Waals surface area contributed by atoms with E-state index in [1.54, 1.807) is 0 Å². The summed E-state index contributed by atoms with van der Waals surface area (Å²) in [6.45, 7) is 4.30. The van der Waals surface area contributed by atoms with E-state index in [4.69, 9.17) is 0 Å². The van der Waals surface area contributed by atoms with Crippen LogP contribution in [-0.4, -0.2) is 19.1 Å². The van der Waals surface area contributed by atoms with Gasteiger partial charge in [-0.2, -0.15) is 0 Å². The third-order valence-corrected chi connectivity index (χ3v) is 2.17. The zero-order valence-electron chi connectivity index (χ0n) is 7.30. The van der Waals surface area contributed by atoms with Crippen molar-refractivity contribution in [1.82, 2.24) is 5.32 Å². The maximum absolute atomic E-state index is 3.46. The van der Waals surface area contributed by atoms with Gasteiger partial charge in [-0.3, -0.25) is 0 Å². The number of anilines is 1. The fourth-order valence-electron chi connectivity index (χ4n) is 1.36. The molecule has 1 aromatic carbocycles. The molecule has 1 fully saturated rings. The molecule has 0 spiro atoms. The summed E-state index contributed by atoms with van der Waals surface area (Å²) in [5.41, 5.74) is 2.55. The Morgan fingerprint density at radius 1 is 1.42 bits per heavy atom. The molecular formula is C10H14N2. The third-order valence-electron chi connectivity index (χ3n) is 2.17. The van der Waals surface area contributed by atoms with Crippen LogP contribution < -0.4 is 10.6 Å². The minimum absolute atomic E-state index is 0.631. The molecule has 2 nitrogen and oxygen atoms in total. The summed E-state index contributed by atoms with van der Waals surface area (Å²) in [5.74, 6) is 0. The van der Waals surface area contributed by atoms with Gasteiger partial charge in [0.25, 0.3) is 0 Å². The highest BCUT2D eigenvalue weighted by atomic mass is 15.1. The normalized spacial score (nSPS) is 17.1. The van der Waals surface area contributed by atoms with Gasteiger partial charge in [0.05, 0.1) is 6.04 Å². The largest absolute Gasteiger partial charge is 0.380 e. The molecule has 1 aliphatic rings. The number of rotatable bonds is 2. The molecule has 2 heteroatoms. The highest BCUT2D eigenvalue weighted by Crippen LogP contribution is 2.11. The van der Waals surface area contributed by atoms with Crippen LogP contribution in [0.4, 0.5) is 5.69 Å². The van der Waals surface area contributed by atoms with Gasteiger partial charge in [0.2, 0.25) is 0 Å². The van der Waals surface area contributed by atoms with Gasteiger partial charge < -0.3 is 10.6 Å². The predicted octanol–water partition coefficient (Wildman–Crippen LogP) is 1.38. The van der Waals surface area contributed by atoms with Gasteiger partial charge in [-0.15, -0.1) is 0 Å². The summed E-state index contributed by atoms with van der Waals surface area (Å²) < 4.78 is 0. The van der Waals surface area contributed by atoms with E-state index in [1.165, 1.54) is 11.3 Å². The van der Waals surface area contributed by atoms with Crippen LogP contribution in [0.1, 0.15) is 5.56 Å². The number of benzene rings is 1. The Morgan fingerprint density at radius 3 is 2.83 bits per heavy atom. The molecule has 0 atom stereocenters. The molecule has 0 amide bonds. The molecule has 12 heavy (non-hydrogen) atoms.